The number of rotatable bonds is 0. The third-order valence-electron chi connectivity index (χ3n) is 5.89. The summed E-state index contributed by atoms with van der Waals surface area (Å²) in [5.41, 5.74) is 14.1. The molecule has 1 heterocycles. The van der Waals surface area contributed by atoms with Gasteiger partial charge in [0.05, 0.1) is 0 Å². The Labute approximate surface area is 170 Å². The van der Waals surface area contributed by atoms with E-state index in [2.05, 4.69) is 62.4 Å². The smallest absolute Gasteiger partial charge is 0.135 e. The Balaban J connectivity index is 0.000000128. The lowest BCUT2D eigenvalue weighted by molar-refractivity contribution is 0.660. The van der Waals surface area contributed by atoms with Crippen LogP contribution >= 0.6 is 0 Å². The largest absolute Gasteiger partial charge is 0.456 e. The molecule has 2 heteroatoms. The summed E-state index contributed by atoms with van der Waals surface area (Å²) in [6.45, 7) is 4.54. The van der Waals surface area contributed by atoms with E-state index in [1.807, 2.05) is 42.5 Å². The van der Waals surface area contributed by atoms with Gasteiger partial charge >= 0.3 is 0 Å². The van der Waals surface area contributed by atoms with E-state index in [1.165, 1.54) is 33.0 Å². The van der Waals surface area contributed by atoms with Gasteiger partial charge in [-0.2, -0.15) is 0 Å². The predicted octanol–water partition coefficient (Wildman–Crippen LogP) is 7.16. The first kappa shape index (κ1) is 17.6. The van der Waals surface area contributed by atoms with E-state index in [4.69, 9.17) is 10.2 Å². The maximum absolute atomic E-state index is 5.88. The van der Waals surface area contributed by atoms with Crippen LogP contribution in [0.1, 0.15) is 25.0 Å². The summed E-state index contributed by atoms with van der Waals surface area (Å²) < 4.78 is 5.65. The van der Waals surface area contributed by atoms with Crippen LogP contribution in [0, 0.1) is 0 Å². The van der Waals surface area contributed by atoms with Crippen LogP contribution in [0.4, 0.5) is 5.69 Å². The van der Waals surface area contributed by atoms with Crippen LogP contribution in [0.15, 0.2) is 95.4 Å². The van der Waals surface area contributed by atoms with Crippen molar-refractivity contribution in [3.05, 3.63) is 102 Å². The molecule has 2 N–H and O–H groups in total. The van der Waals surface area contributed by atoms with Gasteiger partial charge in [0.2, 0.25) is 0 Å². The van der Waals surface area contributed by atoms with Crippen molar-refractivity contribution >= 4 is 27.6 Å². The second-order valence-electron chi connectivity index (χ2n) is 8.07. The average molecular weight is 377 g/mol. The monoisotopic (exact) mass is 377 g/mol. The summed E-state index contributed by atoms with van der Waals surface area (Å²) in [6.07, 6.45) is 0. The van der Waals surface area contributed by atoms with E-state index < -0.39 is 0 Å². The average Bonchev–Trinajstić information content (AvgIpc) is 3.22. The molecule has 0 spiro atoms. The fourth-order valence-corrected chi connectivity index (χ4v) is 4.41. The minimum absolute atomic E-state index is 0.0969. The highest BCUT2D eigenvalue weighted by atomic mass is 16.3. The van der Waals surface area contributed by atoms with Gasteiger partial charge in [0, 0.05) is 21.9 Å². The van der Waals surface area contributed by atoms with Crippen LogP contribution in [0.3, 0.4) is 0 Å². The zero-order valence-corrected chi connectivity index (χ0v) is 16.6. The lowest BCUT2D eigenvalue weighted by Crippen LogP contribution is -2.14. The molecule has 4 aromatic carbocycles. The topological polar surface area (TPSA) is 39.2 Å². The van der Waals surface area contributed by atoms with E-state index in [9.17, 15) is 0 Å². The number of anilines is 1. The maximum Gasteiger partial charge on any atom is 0.135 e. The predicted molar refractivity (Wildman–Crippen MR) is 122 cm³/mol. The molecule has 0 amide bonds. The first-order chi connectivity index (χ1) is 14.1. The number of hydrogen-bond donors (Lipinski definition) is 1. The second-order valence-corrected chi connectivity index (χ2v) is 8.07. The summed E-state index contributed by atoms with van der Waals surface area (Å²) >= 11 is 0. The van der Waals surface area contributed by atoms with E-state index >= 15 is 0 Å². The first-order valence-corrected chi connectivity index (χ1v) is 9.92. The van der Waals surface area contributed by atoms with Crippen molar-refractivity contribution in [2.75, 3.05) is 5.73 Å². The molecule has 1 aliphatic carbocycles. The fraction of sp³-hybridized carbons (Fsp3) is 0.111. The van der Waals surface area contributed by atoms with Gasteiger partial charge in [-0.1, -0.05) is 80.6 Å². The molecule has 0 atom stereocenters. The molecular weight excluding hydrogens is 354 g/mol. The number of nitrogen functional groups attached to an aromatic ring is 1. The normalized spacial score (nSPS) is 13.6. The molecule has 5 aromatic rings. The summed E-state index contributed by atoms with van der Waals surface area (Å²) in [6, 6.07) is 31.0. The molecule has 6 rings (SSSR count). The standard InChI is InChI=1S/C15H15N.C12H8O/c1-15(2)13-6-4-3-5-11(13)12-9-10(16)7-8-14(12)15;1-3-7-11-9(5-1)10-6-2-4-8-12(10)13-11/h3-9H,16H2,1-2H3;1-8H. The Morgan fingerprint density at radius 3 is 1.86 bits per heavy atom. The van der Waals surface area contributed by atoms with Crippen molar-refractivity contribution < 1.29 is 4.42 Å². The van der Waals surface area contributed by atoms with Gasteiger partial charge in [0.15, 0.2) is 0 Å². The second kappa shape index (κ2) is 6.52. The van der Waals surface area contributed by atoms with E-state index in [0.717, 1.165) is 16.9 Å². The van der Waals surface area contributed by atoms with Crippen molar-refractivity contribution in [2.45, 2.75) is 19.3 Å². The van der Waals surface area contributed by atoms with E-state index in [0.29, 0.717) is 0 Å². The van der Waals surface area contributed by atoms with Gasteiger partial charge in [-0.3, -0.25) is 0 Å². The third kappa shape index (κ3) is 2.80. The van der Waals surface area contributed by atoms with Gasteiger partial charge in [-0.25, -0.2) is 0 Å². The van der Waals surface area contributed by atoms with Crippen molar-refractivity contribution in [1.29, 1.82) is 0 Å². The van der Waals surface area contributed by atoms with E-state index in [1.54, 1.807) is 0 Å². The molecule has 0 fully saturated rings. The molecule has 1 aromatic heterocycles. The third-order valence-corrected chi connectivity index (χ3v) is 5.89. The number of benzene rings is 4. The summed E-state index contributed by atoms with van der Waals surface area (Å²) in [7, 11) is 0. The number of hydrogen-bond acceptors (Lipinski definition) is 2. The Morgan fingerprint density at radius 2 is 1.17 bits per heavy atom. The maximum atomic E-state index is 5.88. The zero-order chi connectivity index (χ0) is 20.0. The number of nitrogens with two attached hydrogens (primary N) is 1. The van der Waals surface area contributed by atoms with Crippen molar-refractivity contribution in [2.24, 2.45) is 0 Å². The molecule has 0 saturated carbocycles. The lowest BCUT2D eigenvalue weighted by Gasteiger charge is -2.21. The summed E-state index contributed by atoms with van der Waals surface area (Å²) in [5, 5.41) is 2.39. The van der Waals surface area contributed by atoms with E-state index in [-0.39, 0.29) is 5.41 Å². The molecule has 2 nitrogen and oxygen atoms in total. The Hall–Kier alpha value is -3.52. The van der Waals surface area contributed by atoms with Crippen LogP contribution < -0.4 is 5.73 Å². The number of fused-ring (bicyclic) bond motifs is 6. The number of para-hydroxylation sites is 2. The number of furan rings is 1. The minimum atomic E-state index is 0.0969. The van der Waals surface area contributed by atoms with Crippen LogP contribution in [-0.2, 0) is 5.41 Å². The molecule has 0 unspecified atom stereocenters. The highest BCUT2D eigenvalue weighted by Gasteiger charge is 2.34. The van der Waals surface area contributed by atoms with Crippen molar-refractivity contribution in [1.82, 2.24) is 0 Å². The Morgan fingerprint density at radius 1 is 0.621 bits per heavy atom. The quantitative estimate of drug-likeness (QED) is 0.291. The summed E-state index contributed by atoms with van der Waals surface area (Å²) in [5.74, 6) is 0. The molecule has 0 aliphatic heterocycles. The Bertz CT molecular complexity index is 1290. The molecular formula is C27H23NO. The van der Waals surface area contributed by atoms with Crippen LogP contribution in [0.25, 0.3) is 33.1 Å². The molecule has 142 valence electrons. The first-order valence-electron chi connectivity index (χ1n) is 9.92. The van der Waals surface area contributed by atoms with Crippen molar-refractivity contribution in [3.63, 3.8) is 0 Å². The highest BCUT2D eigenvalue weighted by Crippen LogP contribution is 2.48. The molecule has 0 saturated heterocycles. The van der Waals surface area contributed by atoms with Crippen molar-refractivity contribution in [3.8, 4) is 11.1 Å². The fourth-order valence-electron chi connectivity index (χ4n) is 4.41. The zero-order valence-electron chi connectivity index (χ0n) is 16.6. The van der Waals surface area contributed by atoms with Gasteiger partial charge in [-0.15, -0.1) is 0 Å². The van der Waals surface area contributed by atoms with Crippen LogP contribution in [-0.4, -0.2) is 0 Å². The summed E-state index contributed by atoms with van der Waals surface area (Å²) in [4.78, 5) is 0. The van der Waals surface area contributed by atoms with Crippen LogP contribution in [0.5, 0.6) is 0 Å². The molecule has 1 aliphatic rings. The van der Waals surface area contributed by atoms with Gasteiger partial charge in [-0.05, 0) is 46.5 Å². The van der Waals surface area contributed by atoms with Gasteiger partial charge in [0.1, 0.15) is 11.2 Å². The van der Waals surface area contributed by atoms with Gasteiger partial charge < -0.3 is 10.2 Å². The lowest BCUT2D eigenvalue weighted by atomic mass is 9.82. The van der Waals surface area contributed by atoms with Gasteiger partial charge in [0.25, 0.3) is 0 Å². The highest BCUT2D eigenvalue weighted by molar-refractivity contribution is 6.04. The molecule has 29 heavy (non-hydrogen) atoms. The Kier molecular flexibility index (Phi) is 3.95. The molecule has 0 radical (unpaired) electrons. The molecule has 0 bridgehead atoms. The SMILES string of the molecule is CC1(C)c2ccccc2-c2cc(N)ccc21.c1ccc2c(c1)oc1ccccc12. The minimum Gasteiger partial charge on any atom is -0.456 e. The van der Waals surface area contributed by atoms with Crippen LogP contribution in [0.2, 0.25) is 0 Å².